The van der Waals surface area contributed by atoms with E-state index in [2.05, 4.69) is 5.32 Å². The number of furan rings is 1. The van der Waals surface area contributed by atoms with Gasteiger partial charge in [-0.2, -0.15) is 5.26 Å². The number of anilines is 1. The maximum absolute atomic E-state index is 12.3. The third kappa shape index (κ3) is 4.01. The van der Waals surface area contributed by atoms with Gasteiger partial charge in [-0.1, -0.05) is 11.6 Å². The Kier molecular flexibility index (Phi) is 5.50. The molecule has 0 fully saturated rings. The van der Waals surface area contributed by atoms with Gasteiger partial charge in [0.25, 0.3) is 5.91 Å². The fourth-order valence-electron chi connectivity index (χ4n) is 2.29. The third-order valence-electron chi connectivity index (χ3n) is 3.78. The quantitative estimate of drug-likeness (QED) is 0.834. The fraction of sp³-hybridized carbons (Fsp3) is 0.278. The van der Waals surface area contributed by atoms with E-state index in [0.29, 0.717) is 33.9 Å². The largest absolute Gasteiger partial charge is 0.465 e. The van der Waals surface area contributed by atoms with Crippen molar-refractivity contribution >= 4 is 29.2 Å². The minimum atomic E-state index is -1.02. The van der Waals surface area contributed by atoms with Crippen LogP contribution in [0.5, 0.6) is 0 Å². The normalized spacial score (nSPS) is 11.5. The van der Waals surface area contributed by atoms with Crippen LogP contribution in [-0.4, -0.2) is 18.0 Å². The molecule has 0 saturated carbocycles. The van der Waals surface area contributed by atoms with Crippen molar-refractivity contribution in [2.75, 3.05) is 5.32 Å². The number of esters is 1. The molecule has 7 heteroatoms. The highest BCUT2D eigenvalue weighted by Gasteiger charge is 2.24. The van der Waals surface area contributed by atoms with Gasteiger partial charge in [-0.15, -0.1) is 0 Å². The minimum Gasteiger partial charge on any atom is -0.465 e. The zero-order chi connectivity index (χ0) is 18.7. The molecule has 1 amide bonds. The van der Waals surface area contributed by atoms with Crippen LogP contribution in [-0.2, 0) is 9.53 Å². The van der Waals surface area contributed by atoms with Crippen molar-refractivity contribution < 1.29 is 18.7 Å². The average molecular weight is 361 g/mol. The van der Waals surface area contributed by atoms with E-state index in [9.17, 15) is 9.59 Å². The molecule has 0 aliphatic heterocycles. The molecule has 6 nitrogen and oxygen atoms in total. The Bertz CT molecular complexity index is 880. The Balaban J connectivity index is 2.06. The summed E-state index contributed by atoms with van der Waals surface area (Å²) >= 11 is 5.92. The van der Waals surface area contributed by atoms with Crippen LogP contribution >= 0.6 is 11.6 Å². The highest BCUT2D eigenvalue weighted by molar-refractivity contribution is 6.32. The molecule has 1 unspecified atom stereocenters. The van der Waals surface area contributed by atoms with E-state index in [4.69, 9.17) is 26.0 Å². The van der Waals surface area contributed by atoms with Crippen LogP contribution in [0.2, 0.25) is 5.02 Å². The molecule has 1 N–H and O–H groups in total. The Labute approximate surface area is 150 Å². The van der Waals surface area contributed by atoms with Crippen LogP contribution < -0.4 is 5.32 Å². The zero-order valence-electron chi connectivity index (χ0n) is 14.3. The third-order valence-corrected chi connectivity index (χ3v) is 4.09. The second-order valence-electron chi connectivity index (χ2n) is 5.56. The molecule has 0 aliphatic rings. The molecule has 2 aromatic rings. The van der Waals surface area contributed by atoms with E-state index in [1.54, 1.807) is 26.8 Å². The summed E-state index contributed by atoms with van der Waals surface area (Å²) in [7, 11) is 0. The summed E-state index contributed by atoms with van der Waals surface area (Å²) in [5, 5.41) is 11.7. The van der Waals surface area contributed by atoms with E-state index in [-0.39, 0.29) is 5.02 Å². The number of hydrogen-bond donors (Lipinski definition) is 1. The summed E-state index contributed by atoms with van der Waals surface area (Å²) in [6, 6.07) is 6.43. The number of carbonyl (C=O) groups is 2. The number of hydrogen-bond acceptors (Lipinski definition) is 5. The standard InChI is InChI=1S/C18H17ClN2O4/c1-9-10(2)24-11(3)16(9)18(23)25-12(4)17(22)21-14-6-5-13(8-20)15(19)7-14/h5-7,12H,1-4H3,(H,21,22). The van der Waals surface area contributed by atoms with Crippen molar-refractivity contribution in [1.29, 1.82) is 5.26 Å². The molecule has 130 valence electrons. The van der Waals surface area contributed by atoms with Crippen molar-refractivity contribution in [1.82, 2.24) is 0 Å². The summed E-state index contributed by atoms with van der Waals surface area (Å²) < 4.78 is 10.6. The number of nitrogens with zero attached hydrogens (tertiary/aromatic N) is 1. The van der Waals surface area contributed by atoms with Gasteiger partial charge >= 0.3 is 5.97 Å². The molecule has 1 aromatic carbocycles. The number of nitrogens with one attached hydrogen (secondary N) is 1. The van der Waals surface area contributed by atoms with E-state index >= 15 is 0 Å². The first-order chi connectivity index (χ1) is 11.7. The van der Waals surface area contributed by atoms with E-state index in [0.717, 1.165) is 0 Å². The maximum Gasteiger partial charge on any atom is 0.342 e. The van der Waals surface area contributed by atoms with Gasteiger partial charge in [-0.3, -0.25) is 4.79 Å². The lowest BCUT2D eigenvalue weighted by Gasteiger charge is -2.14. The first-order valence-corrected chi connectivity index (χ1v) is 7.90. The van der Waals surface area contributed by atoms with Crippen LogP contribution in [0.4, 0.5) is 5.69 Å². The van der Waals surface area contributed by atoms with Gasteiger partial charge in [0.2, 0.25) is 0 Å². The second-order valence-corrected chi connectivity index (χ2v) is 5.96. The Morgan fingerprint density at radius 2 is 1.96 bits per heavy atom. The van der Waals surface area contributed by atoms with Crippen LogP contribution in [0.15, 0.2) is 22.6 Å². The Morgan fingerprint density at radius 1 is 1.28 bits per heavy atom. The van der Waals surface area contributed by atoms with Crippen LogP contribution in [0.3, 0.4) is 0 Å². The molecule has 1 atom stereocenters. The number of carbonyl (C=O) groups excluding carboxylic acids is 2. The fourth-order valence-corrected chi connectivity index (χ4v) is 2.52. The van der Waals surface area contributed by atoms with E-state index in [1.165, 1.54) is 19.1 Å². The van der Waals surface area contributed by atoms with Crippen molar-refractivity contribution in [3.05, 3.63) is 51.4 Å². The summed E-state index contributed by atoms with van der Waals surface area (Å²) in [5.74, 6) is -0.0442. The summed E-state index contributed by atoms with van der Waals surface area (Å²) in [5.41, 5.74) is 1.73. The molecule has 1 aromatic heterocycles. The first kappa shape index (κ1) is 18.6. The lowest BCUT2D eigenvalue weighted by atomic mass is 10.1. The summed E-state index contributed by atoms with van der Waals surface area (Å²) in [6.45, 7) is 6.64. The van der Waals surface area contributed by atoms with Gasteiger partial charge in [0.1, 0.15) is 23.2 Å². The molecule has 25 heavy (non-hydrogen) atoms. The molecule has 0 bridgehead atoms. The minimum absolute atomic E-state index is 0.227. The molecule has 0 spiro atoms. The summed E-state index contributed by atoms with van der Waals surface area (Å²) in [4.78, 5) is 24.5. The van der Waals surface area contributed by atoms with Crippen LogP contribution in [0, 0.1) is 32.1 Å². The molecular weight excluding hydrogens is 344 g/mol. The van der Waals surface area contributed by atoms with Crippen molar-refractivity contribution in [2.45, 2.75) is 33.8 Å². The topological polar surface area (TPSA) is 92.3 Å². The average Bonchev–Trinajstić information content (AvgIpc) is 2.80. The monoisotopic (exact) mass is 360 g/mol. The highest BCUT2D eigenvalue weighted by atomic mass is 35.5. The molecule has 0 aliphatic carbocycles. The van der Waals surface area contributed by atoms with E-state index < -0.39 is 18.0 Å². The lowest BCUT2D eigenvalue weighted by molar-refractivity contribution is -0.123. The van der Waals surface area contributed by atoms with Gasteiger partial charge in [0.05, 0.1) is 10.6 Å². The van der Waals surface area contributed by atoms with Crippen LogP contribution in [0.25, 0.3) is 0 Å². The van der Waals surface area contributed by atoms with Crippen LogP contribution in [0.1, 0.15) is 39.9 Å². The SMILES string of the molecule is Cc1oc(C)c(C(=O)OC(C)C(=O)Nc2ccc(C#N)c(Cl)c2)c1C. The molecule has 0 saturated heterocycles. The Morgan fingerprint density at radius 3 is 2.48 bits per heavy atom. The molecule has 1 heterocycles. The first-order valence-electron chi connectivity index (χ1n) is 7.52. The predicted molar refractivity (Wildman–Crippen MR) is 92.6 cm³/mol. The highest BCUT2D eigenvalue weighted by Crippen LogP contribution is 2.23. The number of ether oxygens (including phenoxy) is 1. The molecule has 2 rings (SSSR count). The van der Waals surface area contributed by atoms with Gasteiger partial charge in [0, 0.05) is 11.3 Å². The molecule has 0 radical (unpaired) electrons. The van der Waals surface area contributed by atoms with Gasteiger partial charge in [-0.05, 0) is 45.9 Å². The number of amides is 1. The number of halogens is 1. The van der Waals surface area contributed by atoms with Gasteiger partial charge < -0.3 is 14.5 Å². The van der Waals surface area contributed by atoms with Gasteiger partial charge in [0.15, 0.2) is 6.10 Å². The van der Waals surface area contributed by atoms with E-state index in [1.807, 2.05) is 6.07 Å². The number of aryl methyl sites for hydroxylation is 2. The lowest BCUT2D eigenvalue weighted by Crippen LogP contribution is -2.30. The number of rotatable bonds is 4. The Hall–Kier alpha value is -2.78. The van der Waals surface area contributed by atoms with Crippen molar-refractivity contribution in [2.24, 2.45) is 0 Å². The number of nitriles is 1. The maximum atomic E-state index is 12.3. The predicted octanol–water partition coefficient (Wildman–Crippen LogP) is 3.91. The molecular formula is C18H17ClN2O4. The zero-order valence-corrected chi connectivity index (χ0v) is 15.0. The van der Waals surface area contributed by atoms with Gasteiger partial charge in [-0.25, -0.2) is 4.79 Å². The number of benzene rings is 1. The second kappa shape index (κ2) is 7.41. The van der Waals surface area contributed by atoms with Crippen molar-refractivity contribution in [3.8, 4) is 6.07 Å². The van der Waals surface area contributed by atoms with Crippen molar-refractivity contribution in [3.63, 3.8) is 0 Å². The smallest absolute Gasteiger partial charge is 0.342 e. The summed E-state index contributed by atoms with van der Waals surface area (Å²) in [6.07, 6.45) is -1.02.